The van der Waals surface area contributed by atoms with Crippen molar-refractivity contribution in [2.45, 2.75) is 20.3 Å². The third kappa shape index (κ3) is 8.14. The molecule has 0 spiro atoms. The molecule has 0 radical (unpaired) electrons. The van der Waals surface area contributed by atoms with Crippen LogP contribution in [0.2, 0.25) is 0 Å². The van der Waals surface area contributed by atoms with Crippen molar-refractivity contribution in [1.29, 1.82) is 0 Å². The number of carbonyl (C=O) groups excluding carboxylic acids is 2. The Hall–Kier alpha value is -3.32. The number of benzene rings is 2. The lowest BCUT2D eigenvalue weighted by Crippen LogP contribution is -2.35. The molecule has 2 aromatic carbocycles. The zero-order chi connectivity index (χ0) is 22.6. The van der Waals surface area contributed by atoms with Crippen LogP contribution in [0, 0.1) is 5.92 Å². The van der Waals surface area contributed by atoms with Gasteiger partial charge in [-0.05, 0) is 60.4 Å². The molecule has 0 fully saturated rings. The molecule has 0 bridgehead atoms. The van der Waals surface area contributed by atoms with Crippen molar-refractivity contribution in [3.63, 3.8) is 0 Å². The Morgan fingerprint density at radius 1 is 1.03 bits per heavy atom. The molecule has 2 rings (SSSR count). The van der Waals surface area contributed by atoms with Crippen LogP contribution in [0.3, 0.4) is 0 Å². The van der Waals surface area contributed by atoms with Crippen LogP contribution < -0.4 is 20.1 Å². The van der Waals surface area contributed by atoms with Crippen molar-refractivity contribution in [2.75, 3.05) is 26.9 Å². The molecule has 0 saturated heterocycles. The Labute approximate surface area is 183 Å². The van der Waals surface area contributed by atoms with Crippen LogP contribution in [-0.4, -0.2) is 43.8 Å². The number of aliphatic hydroxyl groups is 1. The fraction of sp³-hybridized carbons (Fsp3) is 0.333. The fourth-order valence-corrected chi connectivity index (χ4v) is 2.56. The lowest BCUT2D eigenvalue weighted by molar-refractivity contribution is -0.117. The minimum absolute atomic E-state index is 0.0323. The zero-order valence-corrected chi connectivity index (χ0v) is 18.2. The smallest absolute Gasteiger partial charge is 0.267 e. The fourth-order valence-electron chi connectivity index (χ4n) is 2.56. The highest BCUT2D eigenvalue weighted by Crippen LogP contribution is 2.15. The predicted molar refractivity (Wildman–Crippen MR) is 120 cm³/mol. The van der Waals surface area contributed by atoms with Crippen molar-refractivity contribution in [3.05, 3.63) is 65.4 Å². The first-order valence-corrected chi connectivity index (χ1v) is 10.2. The van der Waals surface area contributed by atoms with Gasteiger partial charge in [0.1, 0.15) is 17.2 Å². The molecule has 0 unspecified atom stereocenters. The number of hydrogen-bond donors (Lipinski definition) is 3. The van der Waals surface area contributed by atoms with Crippen LogP contribution in [0.5, 0.6) is 11.5 Å². The van der Waals surface area contributed by atoms with Gasteiger partial charge in [0.05, 0.1) is 13.7 Å². The zero-order valence-electron chi connectivity index (χ0n) is 18.2. The largest absolute Gasteiger partial charge is 0.497 e. The predicted octanol–water partition coefficient (Wildman–Crippen LogP) is 3.00. The Morgan fingerprint density at radius 2 is 1.68 bits per heavy atom. The van der Waals surface area contributed by atoms with Gasteiger partial charge in [-0.25, -0.2) is 0 Å². The quantitative estimate of drug-likeness (QED) is 0.379. The first kappa shape index (κ1) is 24.0. The molecular formula is C24H30N2O5. The summed E-state index contributed by atoms with van der Waals surface area (Å²) >= 11 is 0. The van der Waals surface area contributed by atoms with Crippen molar-refractivity contribution >= 4 is 17.9 Å². The minimum atomic E-state index is -0.436. The van der Waals surface area contributed by atoms with Gasteiger partial charge < -0.3 is 25.2 Å². The third-order valence-electron chi connectivity index (χ3n) is 4.24. The third-order valence-corrected chi connectivity index (χ3v) is 4.24. The average molecular weight is 427 g/mol. The standard InChI is InChI=1S/C24H30N2O5/c1-17(2)16-31-21-11-7-19(8-12-21)23(28)26-22(24(29)25-13-4-14-27)15-18-5-9-20(30-3)10-6-18/h5-12,15,17,27H,4,13-14,16H2,1-3H3,(H,25,29)(H,26,28)/b22-15-. The van der Waals surface area contributed by atoms with E-state index in [0.29, 0.717) is 42.6 Å². The van der Waals surface area contributed by atoms with E-state index in [0.717, 1.165) is 5.56 Å². The summed E-state index contributed by atoms with van der Waals surface area (Å²) in [5, 5.41) is 14.3. The molecule has 7 heteroatoms. The number of hydrogen-bond acceptors (Lipinski definition) is 5. The normalized spacial score (nSPS) is 11.2. The Bertz CT molecular complexity index is 874. The molecule has 0 aromatic heterocycles. The second-order valence-electron chi connectivity index (χ2n) is 7.35. The molecule has 2 amide bonds. The summed E-state index contributed by atoms with van der Waals surface area (Å²) in [5.41, 5.74) is 1.24. The lowest BCUT2D eigenvalue weighted by atomic mass is 10.1. The summed E-state index contributed by atoms with van der Waals surface area (Å²) in [5.74, 6) is 0.927. The molecule has 166 valence electrons. The summed E-state index contributed by atoms with van der Waals surface area (Å²) in [6.45, 7) is 4.98. The summed E-state index contributed by atoms with van der Waals surface area (Å²) in [4.78, 5) is 25.3. The minimum Gasteiger partial charge on any atom is -0.497 e. The Kier molecular flexibility index (Phi) is 9.58. The molecule has 2 aromatic rings. The molecule has 0 heterocycles. The number of aliphatic hydroxyl groups excluding tert-OH is 1. The summed E-state index contributed by atoms with van der Waals surface area (Å²) in [6, 6.07) is 13.9. The molecule has 0 aliphatic heterocycles. The van der Waals surface area contributed by atoms with E-state index in [1.807, 2.05) is 0 Å². The van der Waals surface area contributed by atoms with Crippen LogP contribution >= 0.6 is 0 Å². The van der Waals surface area contributed by atoms with Gasteiger partial charge in [-0.3, -0.25) is 9.59 Å². The maximum Gasteiger partial charge on any atom is 0.267 e. The van der Waals surface area contributed by atoms with Gasteiger partial charge >= 0.3 is 0 Å². The highest BCUT2D eigenvalue weighted by atomic mass is 16.5. The summed E-state index contributed by atoms with van der Waals surface area (Å²) in [7, 11) is 1.57. The molecule has 7 nitrogen and oxygen atoms in total. The van der Waals surface area contributed by atoms with E-state index in [-0.39, 0.29) is 12.3 Å². The number of methoxy groups -OCH3 is 1. The Morgan fingerprint density at radius 3 is 2.26 bits per heavy atom. The summed E-state index contributed by atoms with van der Waals surface area (Å²) < 4.78 is 10.8. The van der Waals surface area contributed by atoms with Crippen molar-refractivity contribution in [1.82, 2.24) is 10.6 Å². The molecule has 0 saturated carbocycles. The summed E-state index contributed by atoms with van der Waals surface area (Å²) in [6.07, 6.45) is 2.01. The van der Waals surface area contributed by atoms with Gasteiger partial charge in [0, 0.05) is 18.7 Å². The van der Waals surface area contributed by atoms with Crippen LogP contribution in [0.4, 0.5) is 0 Å². The van der Waals surface area contributed by atoms with Gasteiger partial charge in [0.2, 0.25) is 0 Å². The number of carbonyl (C=O) groups is 2. The van der Waals surface area contributed by atoms with Gasteiger partial charge in [0.15, 0.2) is 0 Å². The molecule has 31 heavy (non-hydrogen) atoms. The first-order chi connectivity index (χ1) is 14.9. The highest BCUT2D eigenvalue weighted by Gasteiger charge is 2.15. The molecule has 0 aliphatic rings. The number of nitrogens with one attached hydrogen (secondary N) is 2. The number of amides is 2. The van der Waals surface area contributed by atoms with Crippen LogP contribution in [-0.2, 0) is 4.79 Å². The number of rotatable bonds is 11. The van der Waals surface area contributed by atoms with Crippen LogP contribution in [0.25, 0.3) is 6.08 Å². The lowest BCUT2D eigenvalue weighted by Gasteiger charge is -2.12. The Balaban J connectivity index is 2.15. The van der Waals surface area contributed by atoms with Gasteiger partial charge in [-0.1, -0.05) is 26.0 Å². The van der Waals surface area contributed by atoms with Crippen LogP contribution in [0.15, 0.2) is 54.2 Å². The molecule has 3 N–H and O–H groups in total. The maximum absolute atomic E-state index is 12.7. The molecule has 0 aliphatic carbocycles. The second kappa shape index (κ2) is 12.4. The van der Waals surface area contributed by atoms with Crippen molar-refractivity contribution in [3.8, 4) is 11.5 Å². The first-order valence-electron chi connectivity index (χ1n) is 10.2. The SMILES string of the molecule is COc1ccc(/C=C(\NC(=O)c2ccc(OCC(C)C)cc2)C(=O)NCCCO)cc1. The number of ether oxygens (including phenoxy) is 2. The van der Waals surface area contributed by atoms with E-state index in [4.69, 9.17) is 14.6 Å². The van der Waals surface area contributed by atoms with E-state index in [2.05, 4.69) is 24.5 Å². The monoisotopic (exact) mass is 426 g/mol. The van der Waals surface area contributed by atoms with E-state index >= 15 is 0 Å². The average Bonchev–Trinajstić information content (AvgIpc) is 2.78. The topological polar surface area (TPSA) is 96.9 Å². The van der Waals surface area contributed by atoms with Gasteiger partial charge in [-0.2, -0.15) is 0 Å². The molecule has 0 atom stereocenters. The molecular weight excluding hydrogens is 396 g/mol. The van der Waals surface area contributed by atoms with Crippen molar-refractivity contribution < 1.29 is 24.2 Å². The maximum atomic E-state index is 12.7. The van der Waals surface area contributed by atoms with Gasteiger partial charge in [0.25, 0.3) is 11.8 Å². The van der Waals surface area contributed by atoms with Gasteiger partial charge in [-0.15, -0.1) is 0 Å². The second-order valence-corrected chi connectivity index (χ2v) is 7.35. The van der Waals surface area contributed by atoms with E-state index in [9.17, 15) is 9.59 Å². The highest BCUT2D eigenvalue weighted by molar-refractivity contribution is 6.05. The van der Waals surface area contributed by atoms with Crippen molar-refractivity contribution in [2.24, 2.45) is 5.92 Å². The van der Waals surface area contributed by atoms with Crippen LogP contribution in [0.1, 0.15) is 36.2 Å². The van der Waals surface area contributed by atoms with E-state index in [1.165, 1.54) is 0 Å². The van der Waals surface area contributed by atoms with E-state index in [1.54, 1.807) is 61.7 Å². The van der Waals surface area contributed by atoms with E-state index < -0.39 is 11.8 Å².